The van der Waals surface area contributed by atoms with Crippen molar-refractivity contribution in [2.75, 3.05) is 0 Å². The van der Waals surface area contributed by atoms with E-state index in [4.69, 9.17) is 0 Å². The van der Waals surface area contributed by atoms with E-state index >= 15 is 0 Å². The Morgan fingerprint density at radius 3 is 2.68 bits per heavy atom. The van der Waals surface area contributed by atoms with Gasteiger partial charge in [0.2, 0.25) is 5.78 Å². The first-order valence-corrected chi connectivity index (χ1v) is 5.98. The van der Waals surface area contributed by atoms with Crippen molar-refractivity contribution in [1.29, 1.82) is 0 Å². The smallest absolute Gasteiger partial charge is 0.284 e. The highest BCUT2D eigenvalue weighted by molar-refractivity contribution is 5.87. The van der Waals surface area contributed by atoms with Crippen molar-refractivity contribution >= 4 is 27.8 Å². The molecule has 0 aliphatic heterocycles. The second kappa shape index (κ2) is 3.41. The lowest BCUT2D eigenvalue weighted by molar-refractivity contribution is 0.948. The summed E-state index contributed by atoms with van der Waals surface area (Å²) in [5.41, 5.74) is 2.42. The van der Waals surface area contributed by atoms with Gasteiger partial charge in [0, 0.05) is 13.2 Å². The van der Waals surface area contributed by atoms with Gasteiger partial charge in [-0.05, 0) is 24.3 Å². The van der Waals surface area contributed by atoms with E-state index in [1.54, 1.807) is 18.3 Å². The summed E-state index contributed by atoms with van der Waals surface area (Å²) < 4.78 is 3.83. The zero-order valence-electron chi connectivity index (χ0n) is 10.2. The van der Waals surface area contributed by atoms with Gasteiger partial charge >= 0.3 is 0 Å². The molecule has 0 amide bonds. The van der Waals surface area contributed by atoms with E-state index in [0.29, 0.717) is 16.8 Å². The number of para-hydroxylation sites is 2. The van der Waals surface area contributed by atoms with Crippen molar-refractivity contribution in [3.05, 3.63) is 52.9 Å². The van der Waals surface area contributed by atoms with E-state index in [9.17, 15) is 4.79 Å². The Balaban J connectivity index is 2.47. The molecule has 0 saturated carbocycles. The molecule has 0 unspecified atom stereocenters. The molecule has 0 saturated heterocycles. The Labute approximate surface area is 107 Å². The van der Waals surface area contributed by atoms with Crippen molar-refractivity contribution in [2.45, 2.75) is 0 Å². The maximum Gasteiger partial charge on any atom is 0.284 e. The molecule has 19 heavy (non-hydrogen) atoms. The highest BCUT2D eigenvalue weighted by atomic mass is 16.1. The Kier molecular flexibility index (Phi) is 1.84. The summed E-state index contributed by atoms with van der Waals surface area (Å²) in [6.07, 6.45) is 1.69. The lowest BCUT2D eigenvalue weighted by Gasteiger charge is -2.00. The van der Waals surface area contributed by atoms with Gasteiger partial charge in [-0.1, -0.05) is 12.1 Å². The third kappa shape index (κ3) is 1.21. The predicted molar refractivity (Wildman–Crippen MR) is 73.2 cm³/mol. The largest absolute Gasteiger partial charge is 0.313 e. The molecular weight excluding hydrogens is 240 g/mol. The molecule has 4 rings (SSSR count). The van der Waals surface area contributed by atoms with Crippen LogP contribution in [0.4, 0.5) is 0 Å². The summed E-state index contributed by atoms with van der Waals surface area (Å²) in [6.45, 7) is 0. The Bertz CT molecular complexity index is 997. The van der Waals surface area contributed by atoms with Crippen LogP contribution in [0.3, 0.4) is 0 Å². The minimum absolute atomic E-state index is 0.242. The third-order valence-electron chi connectivity index (χ3n) is 3.41. The monoisotopic (exact) mass is 250 g/mol. The maximum absolute atomic E-state index is 12.0. The number of hydrogen-bond acceptors (Lipinski definition) is 3. The van der Waals surface area contributed by atoms with Crippen LogP contribution in [0.1, 0.15) is 0 Å². The van der Waals surface area contributed by atoms with Gasteiger partial charge in [0.15, 0.2) is 5.65 Å². The summed E-state index contributed by atoms with van der Waals surface area (Å²) in [6, 6.07) is 11.4. The molecule has 4 aromatic rings. The van der Waals surface area contributed by atoms with Gasteiger partial charge in [-0.15, -0.1) is 0 Å². The number of nitrogens with zero attached hydrogens (tertiary/aromatic N) is 4. The molecule has 0 fully saturated rings. The van der Waals surface area contributed by atoms with E-state index in [1.807, 2.05) is 40.3 Å². The van der Waals surface area contributed by atoms with Crippen LogP contribution in [0.25, 0.3) is 27.8 Å². The Morgan fingerprint density at radius 1 is 1.05 bits per heavy atom. The van der Waals surface area contributed by atoms with E-state index in [-0.39, 0.29) is 5.56 Å². The van der Waals surface area contributed by atoms with Crippen molar-refractivity contribution in [3.63, 3.8) is 0 Å². The minimum atomic E-state index is -0.242. The van der Waals surface area contributed by atoms with Gasteiger partial charge < -0.3 is 4.57 Å². The standard InChI is InChI=1S/C14H10N4O/c1-17-10-6-2-3-7-11(10)18-12-9(5-4-8-15-12)13(19)16-14(17)18/h2-8H,1H3. The highest BCUT2D eigenvalue weighted by Crippen LogP contribution is 2.20. The van der Waals surface area contributed by atoms with Gasteiger partial charge in [-0.3, -0.25) is 9.20 Å². The van der Waals surface area contributed by atoms with E-state index in [2.05, 4.69) is 9.97 Å². The average Bonchev–Trinajstić information content (AvgIpc) is 2.73. The SMILES string of the molecule is Cn1c2ccccc2n2c3ncccc3c(=O)nc12. The molecule has 0 atom stereocenters. The van der Waals surface area contributed by atoms with Crippen LogP contribution in [0.5, 0.6) is 0 Å². The van der Waals surface area contributed by atoms with Crippen LogP contribution < -0.4 is 5.56 Å². The fourth-order valence-electron chi connectivity index (χ4n) is 2.53. The summed E-state index contributed by atoms with van der Waals surface area (Å²) in [5, 5.41) is 0.538. The Morgan fingerprint density at radius 2 is 1.84 bits per heavy atom. The van der Waals surface area contributed by atoms with Crippen molar-refractivity contribution in [2.24, 2.45) is 7.05 Å². The maximum atomic E-state index is 12.0. The molecule has 92 valence electrons. The van der Waals surface area contributed by atoms with Crippen LogP contribution in [0, 0.1) is 0 Å². The number of imidazole rings is 1. The first-order chi connectivity index (χ1) is 9.27. The molecule has 0 aliphatic carbocycles. The molecule has 0 N–H and O–H groups in total. The molecule has 0 aliphatic rings. The molecule has 0 bridgehead atoms. The quantitative estimate of drug-likeness (QED) is 0.477. The summed E-state index contributed by atoms with van der Waals surface area (Å²) in [5.74, 6) is 0.609. The second-order valence-corrected chi connectivity index (χ2v) is 4.47. The summed E-state index contributed by atoms with van der Waals surface area (Å²) in [7, 11) is 1.90. The van der Waals surface area contributed by atoms with E-state index in [1.165, 1.54) is 0 Å². The van der Waals surface area contributed by atoms with Gasteiger partial charge in [-0.25, -0.2) is 4.98 Å². The number of rotatable bonds is 0. The van der Waals surface area contributed by atoms with Crippen LogP contribution in [0.15, 0.2) is 47.4 Å². The van der Waals surface area contributed by atoms with E-state index in [0.717, 1.165) is 11.0 Å². The zero-order valence-corrected chi connectivity index (χ0v) is 10.2. The number of hydrogen-bond donors (Lipinski definition) is 0. The molecule has 3 aromatic heterocycles. The lowest BCUT2D eigenvalue weighted by Crippen LogP contribution is -2.12. The lowest BCUT2D eigenvalue weighted by atomic mass is 10.3. The molecule has 1 aromatic carbocycles. The molecule has 5 heteroatoms. The third-order valence-corrected chi connectivity index (χ3v) is 3.41. The fraction of sp³-hybridized carbons (Fsp3) is 0.0714. The van der Waals surface area contributed by atoms with Crippen LogP contribution in [-0.2, 0) is 7.05 Å². The second-order valence-electron chi connectivity index (χ2n) is 4.47. The van der Waals surface area contributed by atoms with Crippen molar-refractivity contribution in [3.8, 4) is 0 Å². The van der Waals surface area contributed by atoms with E-state index < -0.39 is 0 Å². The van der Waals surface area contributed by atoms with Gasteiger partial charge in [-0.2, -0.15) is 4.98 Å². The first-order valence-electron chi connectivity index (χ1n) is 5.98. The molecule has 3 heterocycles. The van der Waals surface area contributed by atoms with Crippen molar-refractivity contribution in [1.82, 2.24) is 18.9 Å². The topological polar surface area (TPSA) is 52.2 Å². The summed E-state index contributed by atoms with van der Waals surface area (Å²) in [4.78, 5) is 20.6. The molecule has 0 spiro atoms. The highest BCUT2D eigenvalue weighted by Gasteiger charge is 2.13. The number of aryl methyl sites for hydroxylation is 1. The zero-order chi connectivity index (χ0) is 13.0. The normalized spacial score (nSPS) is 11.6. The number of pyridine rings is 1. The number of fused-ring (bicyclic) bond motifs is 5. The fourth-order valence-corrected chi connectivity index (χ4v) is 2.53. The number of aromatic nitrogens is 4. The Hall–Kier alpha value is -2.69. The average molecular weight is 250 g/mol. The van der Waals surface area contributed by atoms with Crippen LogP contribution >= 0.6 is 0 Å². The predicted octanol–water partition coefficient (Wildman–Crippen LogP) is 1.73. The minimum Gasteiger partial charge on any atom is -0.313 e. The van der Waals surface area contributed by atoms with Crippen LogP contribution in [0.2, 0.25) is 0 Å². The molecular formula is C14H10N4O. The summed E-state index contributed by atoms with van der Waals surface area (Å²) >= 11 is 0. The van der Waals surface area contributed by atoms with Gasteiger partial charge in [0.05, 0.1) is 16.4 Å². The molecule has 5 nitrogen and oxygen atoms in total. The van der Waals surface area contributed by atoms with Gasteiger partial charge in [0.1, 0.15) is 0 Å². The number of benzene rings is 1. The van der Waals surface area contributed by atoms with Crippen molar-refractivity contribution < 1.29 is 0 Å². The van der Waals surface area contributed by atoms with Gasteiger partial charge in [0.25, 0.3) is 5.56 Å². The van der Waals surface area contributed by atoms with Crippen LogP contribution in [-0.4, -0.2) is 18.9 Å². The molecule has 0 radical (unpaired) electrons. The first kappa shape index (κ1) is 10.3.